The van der Waals surface area contributed by atoms with Crippen LogP contribution in [0.4, 0.5) is 20.4 Å². The Labute approximate surface area is 137 Å². The zero-order valence-corrected chi connectivity index (χ0v) is 13.2. The Bertz CT molecular complexity index is 755. The van der Waals surface area contributed by atoms with Crippen LogP contribution in [0.3, 0.4) is 0 Å². The van der Waals surface area contributed by atoms with Gasteiger partial charge in [0.2, 0.25) is 0 Å². The van der Waals surface area contributed by atoms with E-state index in [0.29, 0.717) is 16.4 Å². The van der Waals surface area contributed by atoms with Crippen LogP contribution in [-0.4, -0.2) is 10.8 Å². The number of aliphatic imine (C=N–C) groups is 1. The van der Waals surface area contributed by atoms with E-state index < -0.39 is 11.6 Å². The van der Waals surface area contributed by atoms with E-state index in [2.05, 4.69) is 21.9 Å². The largest absolute Gasteiger partial charge is 0.384 e. The number of rotatable bonds is 5. The molecule has 0 amide bonds. The molecule has 0 spiro atoms. The van der Waals surface area contributed by atoms with Crippen LogP contribution in [0.15, 0.2) is 41.9 Å². The number of aromatic nitrogens is 1. The second kappa shape index (κ2) is 7.19. The van der Waals surface area contributed by atoms with Crippen molar-refractivity contribution in [2.75, 3.05) is 5.32 Å². The quantitative estimate of drug-likeness (QED) is 0.638. The molecule has 4 nitrogen and oxygen atoms in total. The van der Waals surface area contributed by atoms with Crippen LogP contribution in [0.1, 0.15) is 11.1 Å². The Balaban J connectivity index is 2.30. The summed E-state index contributed by atoms with van der Waals surface area (Å²) in [6.45, 7) is 5.18. The fourth-order valence-electron chi connectivity index (χ4n) is 1.85. The molecule has 0 atom stereocenters. The highest BCUT2D eigenvalue weighted by Crippen LogP contribution is 2.27. The molecule has 120 valence electrons. The maximum Gasteiger partial charge on any atom is 0.159 e. The Morgan fingerprint density at radius 2 is 2.09 bits per heavy atom. The summed E-state index contributed by atoms with van der Waals surface area (Å²) in [5, 5.41) is 3.13. The first-order valence-electron chi connectivity index (χ1n) is 6.73. The number of benzene rings is 1. The summed E-state index contributed by atoms with van der Waals surface area (Å²) in [5.41, 5.74) is 6.22. The predicted molar refractivity (Wildman–Crippen MR) is 89.1 cm³/mol. The predicted octanol–water partition coefficient (Wildman–Crippen LogP) is 4.11. The minimum Gasteiger partial charge on any atom is -0.384 e. The average molecular weight is 337 g/mol. The minimum atomic E-state index is -0.644. The van der Waals surface area contributed by atoms with E-state index in [1.165, 1.54) is 24.3 Å². The topological polar surface area (TPSA) is 63.3 Å². The molecular formula is C16H15ClF2N4. The molecule has 0 aliphatic heterocycles. The van der Waals surface area contributed by atoms with E-state index in [4.69, 9.17) is 17.3 Å². The minimum absolute atomic E-state index is 0.0957. The second-order valence-electron chi connectivity index (χ2n) is 4.75. The Morgan fingerprint density at radius 3 is 2.70 bits per heavy atom. The maximum absolute atomic E-state index is 13.6. The van der Waals surface area contributed by atoms with Crippen molar-refractivity contribution >= 4 is 29.1 Å². The third-order valence-corrected chi connectivity index (χ3v) is 3.37. The number of nitrogens with two attached hydrogens (primary N) is 1. The summed E-state index contributed by atoms with van der Waals surface area (Å²) in [4.78, 5) is 8.32. The van der Waals surface area contributed by atoms with Gasteiger partial charge in [0.05, 0.1) is 5.02 Å². The molecule has 1 heterocycles. The average Bonchev–Trinajstić information content (AvgIpc) is 2.50. The molecule has 0 unspecified atom stereocenters. The third-order valence-electron chi connectivity index (χ3n) is 3.08. The molecule has 0 radical (unpaired) electrons. The molecule has 3 N–H and O–H groups in total. The zero-order chi connectivity index (χ0) is 17.0. The summed E-state index contributed by atoms with van der Waals surface area (Å²) < 4.78 is 27.3. The lowest BCUT2D eigenvalue weighted by molar-refractivity contribution is 0.560. The van der Waals surface area contributed by atoms with E-state index in [1.807, 2.05) is 0 Å². The van der Waals surface area contributed by atoms with Crippen molar-refractivity contribution in [3.63, 3.8) is 0 Å². The lowest BCUT2D eigenvalue weighted by atomic mass is 10.2. The van der Waals surface area contributed by atoms with Crippen LogP contribution in [0.5, 0.6) is 0 Å². The van der Waals surface area contributed by atoms with E-state index in [-0.39, 0.29) is 23.8 Å². The number of hydrogen-bond acceptors (Lipinski definition) is 3. The van der Waals surface area contributed by atoms with Crippen molar-refractivity contribution in [1.82, 2.24) is 4.98 Å². The third kappa shape index (κ3) is 4.04. The van der Waals surface area contributed by atoms with Gasteiger partial charge in [-0.25, -0.2) is 18.8 Å². The van der Waals surface area contributed by atoms with Gasteiger partial charge in [0.1, 0.15) is 23.3 Å². The number of aryl methyl sites for hydroxylation is 1. The van der Waals surface area contributed by atoms with E-state index >= 15 is 0 Å². The lowest BCUT2D eigenvalue weighted by Crippen LogP contribution is -2.08. The zero-order valence-electron chi connectivity index (χ0n) is 12.4. The van der Waals surface area contributed by atoms with Crippen LogP contribution in [0.2, 0.25) is 5.02 Å². The summed E-state index contributed by atoms with van der Waals surface area (Å²) in [6.07, 6.45) is 1.39. The van der Waals surface area contributed by atoms with Crippen molar-refractivity contribution in [2.45, 2.75) is 13.5 Å². The van der Waals surface area contributed by atoms with Crippen LogP contribution in [-0.2, 0) is 6.54 Å². The number of pyridine rings is 1. The van der Waals surface area contributed by atoms with Crippen LogP contribution in [0, 0.1) is 18.6 Å². The molecule has 1 aromatic heterocycles. The van der Waals surface area contributed by atoms with Crippen molar-refractivity contribution in [1.29, 1.82) is 0 Å². The number of anilines is 1. The van der Waals surface area contributed by atoms with Gasteiger partial charge < -0.3 is 11.1 Å². The van der Waals surface area contributed by atoms with Gasteiger partial charge in [0.25, 0.3) is 0 Å². The summed E-state index contributed by atoms with van der Waals surface area (Å²) in [5.74, 6) is -0.474. The number of nitrogens with one attached hydrogen (secondary N) is 1. The molecular weight excluding hydrogens is 322 g/mol. The molecule has 0 saturated heterocycles. The lowest BCUT2D eigenvalue weighted by Gasteiger charge is -2.11. The molecule has 0 saturated carbocycles. The van der Waals surface area contributed by atoms with Gasteiger partial charge in [-0.05, 0) is 36.8 Å². The Hall–Kier alpha value is -2.47. The summed E-state index contributed by atoms with van der Waals surface area (Å²) in [6, 6.07) is 5.31. The molecule has 7 heteroatoms. The van der Waals surface area contributed by atoms with Gasteiger partial charge in [-0.3, -0.25) is 0 Å². The first-order chi connectivity index (χ1) is 10.9. The Morgan fingerprint density at radius 1 is 1.43 bits per heavy atom. The van der Waals surface area contributed by atoms with Gasteiger partial charge in [0.15, 0.2) is 5.82 Å². The van der Waals surface area contributed by atoms with Gasteiger partial charge in [0, 0.05) is 12.1 Å². The fraction of sp³-hybridized carbons (Fsp3) is 0.125. The van der Waals surface area contributed by atoms with E-state index in [0.717, 1.165) is 0 Å². The van der Waals surface area contributed by atoms with Crippen molar-refractivity contribution < 1.29 is 8.78 Å². The van der Waals surface area contributed by atoms with Crippen LogP contribution >= 0.6 is 11.6 Å². The number of halogens is 3. The molecule has 0 bridgehead atoms. The van der Waals surface area contributed by atoms with E-state index in [1.54, 1.807) is 13.0 Å². The number of amidine groups is 1. The van der Waals surface area contributed by atoms with Crippen molar-refractivity contribution in [2.24, 2.45) is 10.7 Å². The molecule has 0 aliphatic rings. The normalized spacial score (nSPS) is 11.4. The van der Waals surface area contributed by atoms with Gasteiger partial charge in [-0.1, -0.05) is 24.2 Å². The van der Waals surface area contributed by atoms with Gasteiger partial charge >= 0.3 is 0 Å². The molecule has 23 heavy (non-hydrogen) atoms. The summed E-state index contributed by atoms with van der Waals surface area (Å²) in [7, 11) is 0. The first-order valence-corrected chi connectivity index (χ1v) is 7.10. The monoisotopic (exact) mass is 336 g/mol. The van der Waals surface area contributed by atoms with Crippen molar-refractivity contribution in [3.8, 4) is 0 Å². The molecule has 0 aliphatic carbocycles. The number of nitrogens with zero attached hydrogens (tertiary/aromatic N) is 2. The molecule has 2 aromatic rings. The molecule has 2 rings (SSSR count). The highest BCUT2D eigenvalue weighted by Gasteiger charge is 2.11. The second-order valence-corrected chi connectivity index (χ2v) is 5.16. The molecule has 0 fully saturated rings. The van der Waals surface area contributed by atoms with Crippen molar-refractivity contribution in [3.05, 3.63) is 64.7 Å². The molecule has 1 aromatic carbocycles. The Kier molecular flexibility index (Phi) is 5.28. The standard InChI is InChI=1S/C16H15ClF2N4/c1-3-14(20)22-15-9(2)7-11(17)16(23-15)21-8-10-12(18)5-4-6-13(10)19/h3-7H,1,8H2,2H3,(H3,20,21,22,23). The fourth-order valence-corrected chi connectivity index (χ4v) is 2.12. The number of hydrogen-bond donors (Lipinski definition) is 2. The highest BCUT2D eigenvalue weighted by atomic mass is 35.5. The first kappa shape index (κ1) is 16.9. The van der Waals surface area contributed by atoms with Crippen LogP contribution < -0.4 is 11.1 Å². The highest BCUT2D eigenvalue weighted by molar-refractivity contribution is 6.33. The summed E-state index contributed by atoms with van der Waals surface area (Å²) >= 11 is 6.11. The SMILES string of the molecule is C=C/C(N)=N/c1nc(NCc2c(F)cccc2F)c(Cl)cc1C. The van der Waals surface area contributed by atoms with Gasteiger partial charge in [-0.15, -0.1) is 0 Å². The van der Waals surface area contributed by atoms with Gasteiger partial charge in [-0.2, -0.15) is 0 Å². The maximum atomic E-state index is 13.6. The van der Waals surface area contributed by atoms with Crippen LogP contribution in [0.25, 0.3) is 0 Å². The van der Waals surface area contributed by atoms with E-state index in [9.17, 15) is 8.78 Å². The smallest absolute Gasteiger partial charge is 0.159 e.